The molecule has 12 rings (SSSR count). The molecule has 0 unspecified atom stereocenters. The fraction of sp³-hybridized carbons (Fsp3) is 0. The molecule has 4 nitrogen and oxygen atoms in total. The van der Waals surface area contributed by atoms with E-state index in [1.807, 2.05) is 24.5 Å². The van der Waals surface area contributed by atoms with Crippen molar-refractivity contribution < 1.29 is 0 Å². The fourth-order valence-electron chi connectivity index (χ4n) is 8.91. The van der Waals surface area contributed by atoms with Crippen molar-refractivity contribution in [1.82, 2.24) is 19.9 Å². The molecule has 0 saturated carbocycles. The Labute approximate surface area is 321 Å². The summed E-state index contributed by atoms with van der Waals surface area (Å²) < 4.78 is 0. The third-order valence-electron chi connectivity index (χ3n) is 11.5. The summed E-state index contributed by atoms with van der Waals surface area (Å²) in [7, 11) is 0. The largest absolute Gasteiger partial charge is 0.254 e. The van der Waals surface area contributed by atoms with E-state index in [4.69, 9.17) is 15.0 Å². The summed E-state index contributed by atoms with van der Waals surface area (Å²) in [6.45, 7) is 0. The van der Waals surface area contributed by atoms with E-state index in [1.165, 1.54) is 43.4 Å². The lowest BCUT2D eigenvalue weighted by Crippen LogP contribution is -1.93. The number of para-hydroxylation sites is 1. The first-order chi connectivity index (χ1) is 27.8. The Balaban J connectivity index is 1.06. The summed E-state index contributed by atoms with van der Waals surface area (Å²) in [6.07, 6.45) is 3.69. The van der Waals surface area contributed by atoms with Crippen molar-refractivity contribution in [1.29, 1.82) is 0 Å². The molecule has 0 aliphatic heterocycles. The maximum absolute atomic E-state index is 5.38. The lowest BCUT2D eigenvalue weighted by molar-refractivity contribution is 1.37. The van der Waals surface area contributed by atoms with Gasteiger partial charge in [-0.15, -0.1) is 0 Å². The van der Waals surface area contributed by atoms with Crippen molar-refractivity contribution in [3.8, 4) is 33.5 Å². The van der Waals surface area contributed by atoms with Crippen LogP contribution in [0, 0.1) is 0 Å². The Morgan fingerprint density at radius 2 is 0.929 bits per heavy atom. The SMILES string of the molecule is c1ccc(-c2c3ccccc3nc3c2ccc2ccc(-c4ccc5c6ccc(-c7cc8cccnc8c8ncccc78)cc6c6ccccc6c5c4)nc23)cc1. The van der Waals surface area contributed by atoms with Gasteiger partial charge in [0, 0.05) is 50.5 Å². The van der Waals surface area contributed by atoms with Gasteiger partial charge in [-0.05, 0) is 91.5 Å². The van der Waals surface area contributed by atoms with Crippen LogP contribution in [0.1, 0.15) is 0 Å². The molecule has 12 aromatic rings. The van der Waals surface area contributed by atoms with Crippen molar-refractivity contribution in [2.24, 2.45) is 0 Å². The molecule has 0 radical (unpaired) electrons. The fourth-order valence-corrected chi connectivity index (χ4v) is 8.91. The van der Waals surface area contributed by atoms with E-state index in [2.05, 4.69) is 163 Å². The molecule has 56 heavy (non-hydrogen) atoms. The molecule has 0 bridgehead atoms. The molecule has 0 fully saturated rings. The minimum Gasteiger partial charge on any atom is -0.254 e. The molecule has 0 aliphatic carbocycles. The van der Waals surface area contributed by atoms with Crippen LogP contribution in [0.3, 0.4) is 0 Å². The van der Waals surface area contributed by atoms with Crippen LogP contribution in [0.15, 0.2) is 182 Å². The first-order valence-electron chi connectivity index (χ1n) is 19.0. The van der Waals surface area contributed by atoms with E-state index in [0.717, 1.165) is 76.9 Å². The molecule has 4 heterocycles. The Bertz CT molecular complexity index is 3570. The van der Waals surface area contributed by atoms with Gasteiger partial charge in [-0.25, -0.2) is 9.97 Å². The van der Waals surface area contributed by atoms with Gasteiger partial charge in [0.25, 0.3) is 0 Å². The maximum atomic E-state index is 5.38. The van der Waals surface area contributed by atoms with Crippen LogP contribution in [0.4, 0.5) is 0 Å². The highest BCUT2D eigenvalue weighted by molar-refractivity contribution is 6.26. The summed E-state index contributed by atoms with van der Waals surface area (Å²) >= 11 is 0. The van der Waals surface area contributed by atoms with Crippen LogP contribution in [0.25, 0.3) is 120 Å². The molecular weight excluding hydrogens is 681 g/mol. The average Bonchev–Trinajstić information content (AvgIpc) is 3.27. The van der Waals surface area contributed by atoms with Gasteiger partial charge in [-0.2, -0.15) is 0 Å². The number of aromatic nitrogens is 4. The van der Waals surface area contributed by atoms with E-state index in [0.29, 0.717) is 0 Å². The lowest BCUT2D eigenvalue weighted by atomic mass is 9.90. The normalized spacial score (nSPS) is 11.9. The number of nitrogens with zero attached hydrogens (tertiary/aromatic N) is 4. The Hall–Kier alpha value is -7.56. The van der Waals surface area contributed by atoms with Crippen LogP contribution in [0.5, 0.6) is 0 Å². The Morgan fingerprint density at radius 1 is 0.304 bits per heavy atom. The zero-order valence-corrected chi connectivity index (χ0v) is 30.1. The zero-order valence-electron chi connectivity index (χ0n) is 30.1. The number of benzene rings is 8. The smallest absolute Gasteiger partial charge is 0.0978 e. The van der Waals surface area contributed by atoms with Crippen molar-refractivity contribution in [2.45, 2.75) is 0 Å². The first-order valence-corrected chi connectivity index (χ1v) is 19.0. The van der Waals surface area contributed by atoms with Crippen molar-refractivity contribution in [2.75, 3.05) is 0 Å². The van der Waals surface area contributed by atoms with Gasteiger partial charge in [0.1, 0.15) is 0 Å². The molecule has 4 heteroatoms. The predicted molar refractivity (Wildman–Crippen MR) is 234 cm³/mol. The molecule has 258 valence electrons. The van der Waals surface area contributed by atoms with Gasteiger partial charge in [0.15, 0.2) is 0 Å². The maximum Gasteiger partial charge on any atom is 0.0978 e. The number of rotatable bonds is 3. The van der Waals surface area contributed by atoms with Crippen molar-refractivity contribution in [3.05, 3.63) is 182 Å². The van der Waals surface area contributed by atoms with E-state index in [-0.39, 0.29) is 0 Å². The van der Waals surface area contributed by atoms with Crippen LogP contribution < -0.4 is 0 Å². The monoisotopic (exact) mass is 710 g/mol. The summed E-state index contributed by atoms with van der Waals surface area (Å²) in [5.74, 6) is 0. The second-order valence-electron chi connectivity index (χ2n) is 14.6. The minimum absolute atomic E-state index is 0.908. The molecule has 0 aliphatic rings. The predicted octanol–water partition coefficient (Wildman–Crippen LogP) is 13.5. The zero-order chi connectivity index (χ0) is 36.7. The third-order valence-corrected chi connectivity index (χ3v) is 11.5. The minimum atomic E-state index is 0.908. The highest BCUT2D eigenvalue weighted by Gasteiger charge is 2.17. The summed E-state index contributed by atoms with van der Waals surface area (Å²) in [5, 5.41) is 12.8. The van der Waals surface area contributed by atoms with Crippen LogP contribution in [0.2, 0.25) is 0 Å². The Morgan fingerprint density at radius 3 is 1.75 bits per heavy atom. The third kappa shape index (κ3) is 4.60. The van der Waals surface area contributed by atoms with Crippen LogP contribution >= 0.6 is 0 Å². The van der Waals surface area contributed by atoms with E-state index < -0.39 is 0 Å². The first kappa shape index (κ1) is 30.9. The highest BCUT2D eigenvalue weighted by atomic mass is 14.8. The number of hydrogen-bond acceptors (Lipinski definition) is 4. The second kappa shape index (κ2) is 12.0. The van der Waals surface area contributed by atoms with Gasteiger partial charge in [-0.3, -0.25) is 9.97 Å². The summed E-state index contributed by atoms with van der Waals surface area (Å²) in [6, 6.07) is 60.8. The lowest BCUT2D eigenvalue weighted by Gasteiger charge is -2.15. The topological polar surface area (TPSA) is 51.6 Å². The second-order valence-corrected chi connectivity index (χ2v) is 14.6. The molecular formula is C52H30N4. The van der Waals surface area contributed by atoms with Crippen LogP contribution in [-0.2, 0) is 0 Å². The van der Waals surface area contributed by atoms with Gasteiger partial charge in [0.05, 0.1) is 33.3 Å². The summed E-state index contributed by atoms with van der Waals surface area (Å²) in [5.41, 5.74) is 11.3. The molecule has 0 N–H and O–H groups in total. The average molecular weight is 711 g/mol. The van der Waals surface area contributed by atoms with Gasteiger partial charge >= 0.3 is 0 Å². The molecule has 0 atom stereocenters. The van der Waals surface area contributed by atoms with Gasteiger partial charge in [0.2, 0.25) is 0 Å². The van der Waals surface area contributed by atoms with E-state index >= 15 is 0 Å². The van der Waals surface area contributed by atoms with E-state index in [9.17, 15) is 0 Å². The van der Waals surface area contributed by atoms with Gasteiger partial charge in [-0.1, -0.05) is 127 Å². The Kier molecular flexibility index (Phi) is 6.60. The molecule has 0 spiro atoms. The molecule has 4 aromatic heterocycles. The summed E-state index contributed by atoms with van der Waals surface area (Å²) in [4.78, 5) is 20.1. The van der Waals surface area contributed by atoms with E-state index in [1.54, 1.807) is 0 Å². The number of fused-ring (bicyclic) bond motifs is 13. The van der Waals surface area contributed by atoms with Gasteiger partial charge < -0.3 is 0 Å². The van der Waals surface area contributed by atoms with Crippen LogP contribution in [-0.4, -0.2) is 19.9 Å². The quantitative estimate of drug-likeness (QED) is 0.135. The van der Waals surface area contributed by atoms with Crippen molar-refractivity contribution in [3.63, 3.8) is 0 Å². The molecule has 0 saturated heterocycles. The number of pyridine rings is 4. The number of hydrogen-bond donors (Lipinski definition) is 0. The molecule has 0 amide bonds. The van der Waals surface area contributed by atoms with Crippen molar-refractivity contribution >= 4 is 86.8 Å². The molecule has 8 aromatic carbocycles. The standard InChI is InChI=1S/C52H30N4/c1-2-10-31(11-3-1)48-41-15-6-7-17-47(41)56-52-42(48)24-18-32-21-25-46(55-50(32)52)34-20-23-39-38-22-19-33(28-44(38)36-13-4-5-14-37(36)45(39)29-34)43-30-35-12-8-26-53-49(35)51-40(43)16-9-27-54-51/h1-30H. The highest BCUT2D eigenvalue weighted by Crippen LogP contribution is 2.42.